The number of rotatable bonds is 4. The number of para-hydroxylation sites is 3. The summed E-state index contributed by atoms with van der Waals surface area (Å²) in [6.45, 7) is 6.87. The quantitative estimate of drug-likeness (QED) is 0.182. The van der Waals surface area contributed by atoms with E-state index < -0.39 is 0 Å². The number of nitrogens with zero attached hydrogens (tertiary/aromatic N) is 2. The SMILES string of the molecule is Cc1cc(C)c(B2c3ccc(-c4ccccc4)cc3N3c4ccccc4N(c4cccc(-c5ccccc5)c4)c4cccc2c43)c(C)c1. The van der Waals surface area contributed by atoms with Crippen molar-refractivity contribution in [3.8, 4) is 22.3 Å². The van der Waals surface area contributed by atoms with Gasteiger partial charge in [-0.1, -0.05) is 143 Å². The van der Waals surface area contributed by atoms with Crippen LogP contribution >= 0.6 is 0 Å². The van der Waals surface area contributed by atoms with E-state index in [0.717, 1.165) is 5.69 Å². The van der Waals surface area contributed by atoms with Gasteiger partial charge in [0, 0.05) is 11.4 Å². The van der Waals surface area contributed by atoms with Crippen LogP contribution in [-0.2, 0) is 0 Å². The second kappa shape index (κ2) is 11.2. The smallest absolute Gasteiger partial charge is 0.247 e. The first kappa shape index (κ1) is 28.4. The van der Waals surface area contributed by atoms with Crippen molar-refractivity contribution >= 4 is 57.2 Å². The van der Waals surface area contributed by atoms with Crippen LogP contribution in [0.15, 0.2) is 158 Å². The molecule has 2 nitrogen and oxygen atoms in total. The van der Waals surface area contributed by atoms with Crippen LogP contribution in [0, 0.1) is 20.8 Å². The third-order valence-electron chi connectivity index (χ3n) is 10.1. The monoisotopic (exact) mass is 614 g/mol. The van der Waals surface area contributed by atoms with Crippen LogP contribution in [0.4, 0.5) is 34.1 Å². The van der Waals surface area contributed by atoms with Crippen LogP contribution in [0.25, 0.3) is 22.3 Å². The third kappa shape index (κ3) is 4.42. The largest absolute Gasteiger partial charge is 0.307 e. The van der Waals surface area contributed by atoms with Crippen molar-refractivity contribution in [1.82, 2.24) is 0 Å². The van der Waals surface area contributed by atoms with Gasteiger partial charge in [-0.3, -0.25) is 0 Å². The molecule has 0 saturated heterocycles. The van der Waals surface area contributed by atoms with Gasteiger partial charge in [-0.25, -0.2) is 0 Å². The fraction of sp³-hybridized carbons (Fsp3) is 0.0667. The molecule has 2 aliphatic heterocycles. The maximum absolute atomic E-state index is 2.54. The van der Waals surface area contributed by atoms with Gasteiger partial charge in [0.1, 0.15) is 0 Å². The zero-order chi connectivity index (χ0) is 32.4. The molecule has 0 bridgehead atoms. The molecular weight excluding hydrogens is 579 g/mol. The molecule has 0 saturated carbocycles. The lowest BCUT2D eigenvalue weighted by molar-refractivity contribution is 1.17. The Labute approximate surface area is 283 Å². The summed E-state index contributed by atoms with van der Waals surface area (Å²) in [6.07, 6.45) is 0. The molecule has 0 fully saturated rings. The van der Waals surface area contributed by atoms with Crippen LogP contribution in [0.1, 0.15) is 16.7 Å². The van der Waals surface area contributed by atoms with Gasteiger partial charge in [0.2, 0.25) is 6.71 Å². The molecule has 48 heavy (non-hydrogen) atoms. The lowest BCUT2D eigenvalue weighted by Crippen LogP contribution is -2.59. The summed E-state index contributed by atoms with van der Waals surface area (Å²) in [5.41, 5.74) is 20.1. The molecule has 9 rings (SSSR count). The molecule has 2 heterocycles. The second-order valence-electron chi connectivity index (χ2n) is 13.2. The summed E-state index contributed by atoms with van der Waals surface area (Å²) < 4.78 is 0. The van der Waals surface area contributed by atoms with Gasteiger partial charge in [0.05, 0.1) is 22.7 Å². The van der Waals surface area contributed by atoms with Crippen LogP contribution in [0.3, 0.4) is 0 Å². The molecule has 228 valence electrons. The third-order valence-corrected chi connectivity index (χ3v) is 10.1. The molecule has 7 aromatic carbocycles. The summed E-state index contributed by atoms with van der Waals surface area (Å²) in [4.78, 5) is 5.00. The standard InChI is InChI=1S/C45H35BN2/c1-30-26-31(2)44(32(3)27-30)46-38-25-24-36(34-16-8-5-9-17-34)29-43(38)48-41-22-11-10-21-40(41)47(42-23-13-20-39(46)45(42)48)37-19-12-18-35(28-37)33-14-6-4-7-15-33/h4-29H,1-3H3. The molecule has 0 atom stereocenters. The first-order chi connectivity index (χ1) is 23.6. The van der Waals surface area contributed by atoms with Gasteiger partial charge < -0.3 is 9.80 Å². The highest BCUT2D eigenvalue weighted by atomic mass is 15.3. The van der Waals surface area contributed by atoms with E-state index in [0.29, 0.717) is 0 Å². The van der Waals surface area contributed by atoms with Crippen LogP contribution in [-0.4, -0.2) is 6.71 Å². The first-order valence-electron chi connectivity index (χ1n) is 16.8. The lowest BCUT2D eigenvalue weighted by Gasteiger charge is -2.46. The number of anilines is 6. The Morgan fingerprint density at radius 1 is 0.396 bits per heavy atom. The van der Waals surface area contributed by atoms with Crippen LogP contribution < -0.4 is 26.2 Å². The van der Waals surface area contributed by atoms with Crippen molar-refractivity contribution in [3.05, 3.63) is 174 Å². The average molecular weight is 615 g/mol. The topological polar surface area (TPSA) is 6.48 Å². The van der Waals surface area contributed by atoms with E-state index in [9.17, 15) is 0 Å². The molecule has 0 aliphatic carbocycles. The van der Waals surface area contributed by atoms with E-state index in [4.69, 9.17) is 0 Å². The van der Waals surface area contributed by atoms with E-state index in [1.165, 1.54) is 83.8 Å². The van der Waals surface area contributed by atoms with Crippen LogP contribution in [0.2, 0.25) is 0 Å². The molecule has 2 aliphatic rings. The molecule has 0 unspecified atom stereocenters. The number of benzene rings is 7. The Balaban J connectivity index is 1.34. The molecule has 0 radical (unpaired) electrons. The predicted molar refractivity (Wildman–Crippen MR) is 206 cm³/mol. The highest BCUT2D eigenvalue weighted by Crippen LogP contribution is 2.54. The summed E-state index contributed by atoms with van der Waals surface area (Å²) >= 11 is 0. The number of hydrogen-bond donors (Lipinski definition) is 0. The average Bonchev–Trinajstić information content (AvgIpc) is 3.12. The lowest BCUT2D eigenvalue weighted by atomic mass is 9.33. The fourth-order valence-electron chi connectivity index (χ4n) is 8.20. The zero-order valence-corrected chi connectivity index (χ0v) is 27.5. The van der Waals surface area contributed by atoms with E-state index >= 15 is 0 Å². The maximum Gasteiger partial charge on any atom is 0.247 e. The molecule has 0 amide bonds. The Morgan fingerprint density at radius 2 is 0.958 bits per heavy atom. The van der Waals surface area contributed by atoms with Crippen molar-refractivity contribution in [1.29, 1.82) is 0 Å². The molecular formula is C45H35BN2. The summed E-state index contributed by atoms with van der Waals surface area (Å²) in [5, 5.41) is 0. The van der Waals surface area contributed by atoms with E-state index in [1.807, 2.05) is 0 Å². The Morgan fingerprint density at radius 3 is 1.65 bits per heavy atom. The van der Waals surface area contributed by atoms with Crippen molar-refractivity contribution in [3.63, 3.8) is 0 Å². The normalized spacial score (nSPS) is 12.8. The van der Waals surface area contributed by atoms with E-state index in [1.54, 1.807) is 0 Å². The van der Waals surface area contributed by atoms with E-state index in [-0.39, 0.29) is 6.71 Å². The van der Waals surface area contributed by atoms with Crippen molar-refractivity contribution in [2.75, 3.05) is 9.80 Å². The zero-order valence-electron chi connectivity index (χ0n) is 27.5. The number of fused-ring (bicyclic) bond motifs is 4. The molecule has 0 spiro atoms. The Kier molecular flexibility index (Phi) is 6.62. The van der Waals surface area contributed by atoms with Gasteiger partial charge in [-0.05, 0) is 90.3 Å². The minimum absolute atomic E-state index is 0.0967. The molecule has 7 aromatic rings. The first-order valence-corrected chi connectivity index (χ1v) is 16.8. The molecule has 0 N–H and O–H groups in total. The molecule has 3 heteroatoms. The minimum Gasteiger partial charge on any atom is -0.307 e. The van der Waals surface area contributed by atoms with Gasteiger partial charge in [0.15, 0.2) is 0 Å². The summed E-state index contributed by atoms with van der Waals surface area (Å²) in [7, 11) is 0. The summed E-state index contributed by atoms with van der Waals surface area (Å²) in [5.74, 6) is 0. The highest BCUT2D eigenvalue weighted by molar-refractivity contribution is 6.98. The van der Waals surface area contributed by atoms with Crippen LogP contribution in [0.5, 0.6) is 0 Å². The number of hydrogen-bond acceptors (Lipinski definition) is 2. The Bertz CT molecular complexity index is 2320. The van der Waals surface area contributed by atoms with Gasteiger partial charge >= 0.3 is 0 Å². The van der Waals surface area contributed by atoms with Crippen molar-refractivity contribution < 1.29 is 0 Å². The Hall–Kier alpha value is -5.80. The van der Waals surface area contributed by atoms with Crippen molar-refractivity contribution in [2.45, 2.75) is 20.8 Å². The predicted octanol–water partition coefficient (Wildman–Crippen LogP) is 10.0. The number of aryl methyl sites for hydroxylation is 3. The van der Waals surface area contributed by atoms with Gasteiger partial charge in [-0.15, -0.1) is 0 Å². The van der Waals surface area contributed by atoms with Gasteiger partial charge in [-0.2, -0.15) is 0 Å². The minimum atomic E-state index is 0.0967. The molecule has 0 aromatic heterocycles. The van der Waals surface area contributed by atoms with E-state index in [2.05, 4.69) is 188 Å². The highest BCUT2D eigenvalue weighted by Gasteiger charge is 2.42. The van der Waals surface area contributed by atoms with Crippen molar-refractivity contribution in [2.24, 2.45) is 0 Å². The second-order valence-corrected chi connectivity index (χ2v) is 13.2. The van der Waals surface area contributed by atoms with Gasteiger partial charge in [0.25, 0.3) is 0 Å². The summed E-state index contributed by atoms with van der Waals surface area (Å²) in [6, 6.07) is 58.0. The fourth-order valence-corrected chi connectivity index (χ4v) is 8.20. The maximum atomic E-state index is 2.54.